The number of nitrogens with one attached hydrogen (secondary N) is 1. The van der Waals surface area contributed by atoms with Crippen molar-refractivity contribution in [1.82, 2.24) is 20.0 Å². The predicted molar refractivity (Wildman–Crippen MR) is 75.7 cm³/mol. The van der Waals surface area contributed by atoms with Crippen LogP contribution in [0.15, 0.2) is 16.9 Å². The summed E-state index contributed by atoms with van der Waals surface area (Å²) in [6.07, 6.45) is 8.24. The van der Waals surface area contributed by atoms with Crippen molar-refractivity contribution >= 4 is 21.8 Å². The fraction of sp³-hybridized carbons (Fsp3) is 0.692. The first-order valence-corrected chi connectivity index (χ1v) is 7.60. The molecule has 3 rings (SSSR count). The Bertz CT molecular complexity index is 461. The van der Waals surface area contributed by atoms with Crippen LogP contribution in [-0.2, 0) is 11.3 Å². The van der Waals surface area contributed by atoms with Crippen LogP contribution in [0.2, 0.25) is 0 Å². The summed E-state index contributed by atoms with van der Waals surface area (Å²) in [5.41, 5.74) is 0. The molecule has 0 aromatic carbocycles. The molecule has 2 aliphatic heterocycles. The highest BCUT2D eigenvalue weighted by molar-refractivity contribution is 9.10. The molecule has 2 aliphatic rings. The number of aromatic nitrogens is 2. The Balaban J connectivity index is 1.53. The van der Waals surface area contributed by atoms with E-state index in [4.69, 9.17) is 0 Å². The number of amides is 1. The van der Waals surface area contributed by atoms with Crippen molar-refractivity contribution in [3.8, 4) is 0 Å². The molecule has 19 heavy (non-hydrogen) atoms. The third-order valence-electron chi connectivity index (χ3n) is 4.37. The van der Waals surface area contributed by atoms with E-state index in [1.807, 2.05) is 6.20 Å². The Hall–Kier alpha value is -0.880. The lowest BCUT2D eigenvalue weighted by molar-refractivity contribution is -0.123. The lowest BCUT2D eigenvalue weighted by atomic mass is 9.98. The molecule has 2 unspecified atom stereocenters. The Labute approximate surface area is 121 Å². The van der Waals surface area contributed by atoms with E-state index in [1.165, 1.54) is 12.8 Å². The molecule has 5 nitrogen and oxygen atoms in total. The van der Waals surface area contributed by atoms with Gasteiger partial charge in [0, 0.05) is 24.3 Å². The third-order valence-corrected chi connectivity index (χ3v) is 4.78. The van der Waals surface area contributed by atoms with Crippen molar-refractivity contribution in [1.29, 1.82) is 0 Å². The van der Waals surface area contributed by atoms with E-state index in [-0.39, 0.29) is 5.91 Å². The van der Waals surface area contributed by atoms with Crippen LogP contribution in [0.3, 0.4) is 0 Å². The quantitative estimate of drug-likeness (QED) is 0.913. The molecule has 3 heterocycles. The van der Waals surface area contributed by atoms with Gasteiger partial charge in [0.25, 0.3) is 0 Å². The van der Waals surface area contributed by atoms with Crippen molar-refractivity contribution in [2.75, 3.05) is 7.05 Å². The summed E-state index contributed by atoms with van der Waals surface area (Å²) in [5, 5.41) is 7.26. The Morgan fingerprint density at radius 1 is 1.47 bits per heavy atom. The van der Waals surface area contributed by atoms with Crippen LogP contribution in [-0.4, -0.2) is 45.8 Å². The van der Waals surface area contributed by atoms with E-state index in [0.717, 1.165) is 17.3 Å². The molecule has 0 radical (unpaired) electrons. The van der Waals surface area contributed by atoms with Gasteiger partial charge in [-0.15, -0.1) is 0 Å². The maximum Gasteiger partial charge on any atom is 0.241 e. The van der Waals surface area contributed by atoms with Gasteiger partial charge in [-0.2, -0.15) is 5.10 Å². The fourth-order valence-corrected chi connectivity index (χ4v) is 3.70. The highest BCUT2D eigenvalue weighted by Crippen LogP contribution is 2.34. The van der Waals surface area contributed by atoms with Gasteiger partial charge in [0.15, 0.2) is 0 Å². The van der Waals surface area contributed by atoms with E-state index in [2.05, 4.69) is 38.3 Å². The molecule has 0 saturated carbocycles. The molecule has 6 heteroatoms. The van der Waals surface area contributed by atoms with Crippen LogP contribution in [0.4, 0.5) is 0 Å². The minimum Gasteiger partial charge on any atom is -0.352 e. The number of carbonyl (C=O) groups is 1. The lowest BCUT2D eigenvalue weighted by Crippen LogP contribution is -2.49. The average Bonchev–Trinajstić information content (AvgIpc) is 2.82. The number of hydrogen-bond acceptors (Lipinski definition) is 3. The van der Waals surface area contributed by atoms with E-state index in [0.29, 0.717) is 24.7 Å². The summed E-state index contributed by atoms with van der Waals surface area (Å²) in [4.78, 5) is 14.5. The first-order valence-electron chi connectivity index (χ1n) is 6.81. The molecule has 104 valence electrons. The number of nitrogens with zero attached hydrogens (tertiary/aromatic N) is 3. The van der Waals surface area contributed by atoms with Crippen molar-refractivity contribution < 1.29 is 4.79 Å². The number of piperidine rings is 1. The van der Waals surface area contributed by atoms with Crippen molar-refractivity contribution in [2.45, 2.75) is 50.4 Å². The summed E-state index contributed by atoms with van der Waals surface area (Å²) in [7, 11) is 2.21. The van der Waals surface area contributed by atoms with E-state index >= 15 is 0 Å². The van der Waals surface area contributed by atoms with Gasteiger partial charge < -0.3 is 10.2 Å². The van der Waals surface area contributed by atoms with Crippen LogP contribution in [0.5, 0.6) is 0 Å². The van der Waals surface area contributed by atoms with Gasteiger partial charge in [0.1, 0.15) is 6.54 Å². The minimum atomic E-state index is 0.0598. The number of hydrogen-bond donors (Lipinski definition) is 1. The zero-order valence-electron chi connectivity index (χ0n) is 11.1. The van der Waals surface area contributed by atoms with Gasteiger partial charge in [0.05, 0.1) is 10.7 Å². The largest absolute Gasteiger partial charge is 0.352 e. The molecule has 2 atom stereocenters. The summed E-state index contributed by atoms with van der Waals surface area (Å²) >= 11 is 3.33. The second-order valence-electron chi connectivity index (χ2n) is 5.64. The number of halogens is 1. The normalized spacial score (nSPS) is 30.5. The lowest BCUT2D eigenvalue weighted by Gasteiger charge is -2.36. The SMILES string of the molecule is CN1C2CCC1CC(NC(=O)Cn1cc(Br)cn1)C2. The molecule has 0 aliphatic carbocycles. The molecule has 2 saturated heterocycles. The predicted octanol–water partition coefficient (Wildman–Crippen LogP) is 1.39. The second-order valence-corrected chi connectivity index (χ2v) is 6.56. The topological polar surface area (TPSA) is 50.2 Å². The number of fused-ring (bicyclic) bond motifs is 2. The molecule has 1 aromatic rings. The maximum atomic E-state index is 12.0. The van der Waals surface area contributed by atoms with Crippen LogP contribution < -0.4 is 5.32 Å². The highest BCUT2D eigenvalue weighted by atomic mass is 79.9. The summed E-state index contributed by atoms with van der Waals surface area (Å²) in [6, 6.07) is 1.64. The average molecular weight is 327 g/mol. The van der Waals surface area contributed by atoms with Gasteiger partial charge in [-0.05, 0) is 48.7 Å². The zero-order chi connectivity index (χ0) is 13.4. The van der Waals surface area contributed by atoms with Gasteiger partial charge in [-0.1, -0.05) is 0 Å². The van der Waals surface area contributed by atoms with Crippen molar-refractivity contribution in [3.63, 3.8) is 0 Å². The molecule has 1 aromatic heterocycles. The monoisotopic (exact) mass is 326 g/mol. The molecule has 1 N–H and O–H groups in total. The first kappa shape index (κ1) is 13.1. The number of rotatable bonds is 3. The summed E-state index contributed by atoms with van der Waals surface area (Å²) < 4.78 is 2.56. The Morgan fingerprint density at radius 2 is 2.16 bits per heavy atom. The molecule has 0 spiro atoms. The van der Waals surface area contributed by atoms with Gasteiger partial charge in [-0.25, -0.2) is 0 Å². The minimum absolute atomic E-state index is 0.0598. The van der Waals surface area contributed by atoms with Crippen LogP contribution in [0.1, 0.15) is 25.7 Å². The Kier molecular flexibility index (Phi) is 3.62. The Morgan fingerprint density at radius 3 is 2.74 bits per heavy atom. The zero-order valence-corrected chi connectivity index (χ0v) is 12.6. The fourth-order valence-electron chi connectivity index (χ4n) is 3.37. The van der Waals surface area contributed by atoms with Gasteiger partial charge in [0.2, 0.25) is 5.91 Å². The third kappa shape index (κ3) is 2.84. The van der Waals surface area contributed by atoms with E-state index < -0.39 is 0 Å². The van der Waals surface area contributed by atoms with Gasteiger partial charge in [-0.3, -0.25) is 9.48 Å². The number of carbonyl (C=O) groups excluding carboxylic acids is 1. The van der Waals surface area contributed by atoms with E-state index in [1.54, 1.807) is 10.9 Å². The molecule has 2 fully saturated rings. The van der Waals surface area contributed by atoms with Crippen LogP contribution in [0.25, 0.3) is 0 Å². The maximum absolute atomic E-state index is 12.0. The van der Waals surface area contributed by atoms with Crippen LogP contribution >= 0.6 is 15.9 Å². The summed E-state index contributed by atoms with van der Waals surface area (Å²) in [5.74, 6) is 0.0598. The van der Waals surface area contributed by atoms with Gasteiger partial charge >= 0.3 is 0 Å². The van der Waals surface area contributed by atoms with Crippen LogP contribution in [0, 0.1) is 0 Å². The first-order chi connectivity index (χ1) is 9.11. The second kappa shape index (κ2) is 5.25. The van der Waals surface area contributed by atoms with E-state index in [9.17, 15) is 4.79 Å². The smallest absolute Gasteiger partial charge is 0.241 e. The standard InChI is InChI=1S/C13H19BrN4O/c1-17-11-2-3-12(17)5-10(4-11)16-13(19)8-18-7-9(14)6-15-18/h6-7,10-12H,2-5,8H2,1H3,(H,16,19). The van der Waals surface area contributed by atoms with Crippen molar-refractivity contribution in [2.24, 2.45) is 0 Å². The molecule has 2 bridgehead atoms. The highest BCUT2D eigenvalue weighted by Gasteiger charge is 2.38. The van der Waals surface area contributed by atoms with Crippen molar-refractivity contribution in [3.05, 3.63) is 16.9 Å². The molecule has 1 amide bonds. The molecular weight excluding hydrogens is 308 g/mol. The molecular formula is C13H19BrN4O. The summed E-state index contributed by atoms with van der Waals surface area (Å²) in [6.45, 7) is 0.299.